The van der Waals surface area contributed by atoms with E-state index in [-0.39, 0.29) is 17.0 Å². The Bertz CT molecular complexity index is 1050. The van der Waals surface area contributed by atoms with Gasteiger partial charge in [0.2, 0.25) is 11.6 Å². The molecule has 0 bridgehead atoms. The van der Waals surface area contributed by atoms with Gasteiger partial charge in [0.1, 0.15) is 17.4 Å². The summed E-state index contributed by atoms with van der Waals surface area (Å²) in [4.78, 5) is 13.0. The van der Waals surface area contributed by atoms with Crippen LogP contribution in [0.25, 0.3) is 0 Å². The maximum atomic E-state index is 13.0. The smallest absolute Gasteiger partial charge is 0.258 e. The van der Waals surface area contributed by atoms with Crippen molar-refractivity contribution in [2.24, 2.45) is 12.8 Å². The van der Waals surface area contributed by atoms with Crippen LogP contribution in [0.1, 0.15) is 22.7 Å². The lowest BCUT2D eigenvalue weighted by Gasteiger charge is -2.27. The SMILES string of the molecule is COc1cc(C2C(C#N)=C(N)Oc3cc(C)n(C)c(=O)c32)cc(OC)c1OC. The van der Waals surface area contributed by atoms with Crippen molar-refractivity contribution in [2.45, 2.75) is 12.8 Å². The van der Waals surface area contributed by atoms with Crippen molar-refractivity contribution in [3.8, 4) is 29.1 Å². The molecule has 0 radical (unpaired) electrons. The van der Waals surface area contributed by atoms with E-state index >= 15 is 0 Å². The third-order valence-electron chi connectivity index (χ3n) is 4.87. The molecule has 0 saturated heterocycles. The first-order valence-corrected chi connectivity index (χ1v) is 8.45. The van der Waals surface area contributed by atoms with Gasteiger partial charge in [0.05, 0.1) is 32.8 Å². The van der Waals surface area contributed by atoms with Crippen LogP contribution in [0.15, 0.2) is 34.4 Å². The summed E-state index contributed by atoms with van der Waals surface area (Å²) in [5.41, 5.74) is 7.51. The van der Waals surface area contributed by atoms with Gasteiger partial charge in [-0.3, -0.25) is 4.79 Å². The summed E-state index contributed by atoms with van der Waals surface area (Å²) in [5, 5.41) is 9.72. The number of nitriles is 1. The van der Waals surface area contributed by atoms with Crippen molar-refractivity contribution in [1.29, 1.82) is 5.26 Å². The number of aromatic nitrogens is 1. The van der Waals surface area contributed by atoms with Crippen LogP contribution >= 0.6 is 0 Å². The first kappa shape index (κ1) is 19.2. The number of ether oxygens (including phenoxy) is 4. The Kier molecular flexibility index (Phi) is 4.92. The summed E-state index contributed by atoms with van der Waals surface area (Å²) in [6, 6.07) is 7.20. The van der Waals surface area contributed by atoms with Crippen molar-refractivity contribution >= 4 is 0 Å². The summed E-state index contributed by atoms with van der Waals surface area (Å²) in [7, 11) is 6.16. The topological polar surface area (TPSA) is 109 Å². The Morgan fingerprint density at radius 1 is 1.14 bits per heavy atom. The van der Waals surface area contributed by atoms with Crippen LogP contribution in [-0.2, 0) is 7.05 Å². The third kappa shape index (κ3) is 2.81. The Labute approximate surface area is 162 Å². The van der Waals surface area contributed by atoms with E-state index in [4.69, 9.17) is 24.7 Å². The zero-order chi connectivity index (χ0) is 20.6. The van der Waals surface area contributed by atoms with E-state index in [9.17, 15) is 10.1 Å². The molecule has 1 aliphatic rings. The lowest BCUT2D eigenvalue weighted by atomic mass is 9.83. The molecular formula is C20H21N3O5. The number of aryl methyl sites for hydroxylation is 1. The molecule has 1 aromatic carbocycles. The number of nitrogens with two attached hydrogens (primary N) is 1. The molecule has 0 saturated carbocycles. The molecule has 2 N–H and O–H groups in total. The summed E-state index contributed by atoms with van der Waals surface area (Å²) in [5.74, 6) is 0.779. The number of rotatable bonds is 4. The average Bonchev–Trinajstić information content (AvgIpc) is 2.69. The highest BCUT2D eigenvalue weighted by atomic mass is 16.5. The Hall–Kier alpha value is -3.60. The molecule has 8 nitrogen and oxygen atoms in total. The molecular weight excluding hydrogens is 362 g/mol. The minimum absolute atomic E-state index is 0.0404. The summed E-state index contributed by atoms with van der Waals surface area (Å²) >= 11 is 0. The van der Waals surface area contributed by atoms with Gasteiger partial charge in [-0.2, -0.15) is 5.26 Å². The first-order chi connectivity index (χ1) is 13.4. The van der Waals surface area contributed by atoms with Gasteiger partial charge in [-0.05, 0) is 24.6 Å². The molecule has 0 fully saturated rings. The van der Waals surface area contributed by atoms with E-state index in [1.807, 2.05) is 0 Å². The lowest BCUT2D eigenvalue weighted by molar-refractivity contribution is 0.323. The van der Waals surface area contributed by atoms with Gasteiger partial charge in [0.15, 0.2) is 11.5 Å². The highest BCUT2D eigenvalue weighted by molar-refractivity contribution is 5.61. The Morgan fingerprint density at radius 3 is 2.25 bits per heavy atom. The van der Waals surface area contributed by atoms with Crippen molar-refractivity contribution in [3.05, 3.63) is 56.8 Å². The van der Waals surface area contributed by atoms with Gasteiger partial charge in [0, 0.05) is 18.8 Å². The molecule has 8 heteroatoms. The molecule has 146 valence electrons. The summed E-state index contributed by atoms with van der Waals surface area (Å²) in [6.45, 7) is 1.79. The van der Waals surface area contributed by atoms with Gasteiger partial charge in [-0.15, -0.1) is 0 Å². The minimum atomic E-state index is -0.734. The molecule has 3 rings (SSSR count). The molecule has 0 aliphatic carbocycles. The van der Waals surface area contributed by atoms with Gasteiger partial charge >= 0.3 is 0 Å². The molecule has 28 heavy (non-hydrogen) atoms. The zero-order valence-corrected chi connectivity index (χ0v) is 16.3. The standard InChI is InChI=1S/C20H21N3O5/c1-10-6-13-17(20(24)23(10)2)16(12(9-21)19(22)28-13)11-7-14(25-3)18(27-5)15(8-11)26-4/h6-8,16H,22H2,1-5H3. The number of nitrogens with zero attached hydrogens (tertiary/aromatic N) is 2. The van der Waals surface area contributed by atoms with E-state index < -0.39 is 5.92 Å². The van der Waals surface area contributed by atoms with Crippen LogP contribution in [0.5, 0.6) is 23.0 Å². The van der Waals surface area contributed by atoms with E-state index in [1.165, 1.54) is 25.9 Å². The third-order valence-corrected chi connectivity index (χ3v) is 4.87. The fourth-order valence-electron chi connectivity index (χ4n) is 3.34. The van der Waals surface area contributed by atoms with E-state index in [0.717, 1.165) is 0 Å². The molecule has 1 aromatic heterocycles. The number of fused-ring (bicyclic) bond motifs is 1. The van der Waals surface area contributed by atoms with Crippen molar-refractivity contribution in [3.63, 3.8) is 0 Å². The molecule has 0 spiro atoms. The molecule has 0 amide bonds. The highest BCUT2D eigenvalue weighted by Crippen LogP contribution is 2.46. The van der Waals surface area contributed by atoms with E-state index in [2.05, 4.69) is 6.07 Å². The van der Waals surface area contributed by atoms with Crippen molar-refractivity contribution in [2.75, 3.05) is 21.3 Å². The maximum Gasteiger partial charge on any atom is 0.258 e. The number of allylic oxidation sites excluding steroid dienone is 1. The molecule has 1 unspecified atom stereocenters. The second kappa shape index (κ2) is 7.19. The van der Waals surface area contributed by atoms with Gasteiger partial charge < -0.3 is 29.2 Å². The zero-order valence-electron chi connectivity index (χ0n) is 16.3. The Morgan fingerprint density at radius 2 is 1.75 bits per heavy atom. The molecule has 1 atom stereocenters. The van der Waals surface area contributed by atoms with Crippen LogP contribution in [0.2, 0.25) is 0 Å². The predicted molar refractivity (Wildman–Crippen MR) is 102 cm³/mol. The summed E-state index contributed by atoms with van der Waals surface area (Å²) < 4.78 is 23.3. The highest BCUT2D eigenvalue weighted by Gasteiger charge is 2.35. The number of pyridine rings is 1. The number of hydrogen-bond acceptors (Lipinski definition) is 7. The number of benzene rings is 1. The second-order valence-corrected chi connectivity index (χ2v) is 6.31. The number of methoxy groups -OCH3 is 3. The minimum Gasteiger partial charge on any atom is -0.493 e. The van der Waals surface area contributed by atoms with Crippen LogP contribution in [-0.4, -0.2) is 25.9 Å². The van der Waals surface area contributed by atoms with Crippen LogP contribution in [0.3, 0.4) is 0 Å². The van der Waals surface area contributed by atoms with Gasteiger partial charge in [-0.1, -0.05) is 0 Å². The summed E-state index contributed by atoms with van der Waals surface area (Å²) in [6.07, 6.45) is 0. The molecule has 2 heterocycles. The largest absolute Gasteiger partial charge is 0.493 e. The predicted octanol–water partition coefficient (Wildman–Crippen LogP) is 1.94. The van der Waals surface area contributed by atoms with E-state index in [0.29, 0.717) is 39.8 Å². The Balaban J connectivity index is 2.37. The molecule has 1 aliphatic heterocycles. The van der Waals surface area contributed by atoms with Crippen molar-refractivity contribution in [1.82, 2.24) is 4.57 Å². The quantitative estimate of drug-likeness (QED) is 0.859. The fourth-order valence-corrected chi connectivity index (χ4v) is 3.34. The second-order valence-electron chi connectivity index (χ2n) is 6.31. The lowest BCUT2D eigenvalue weighted by Crippen LogP contribution is -2.31. The van der Waals surface area contributed by atoms with Crippen molar-refractivity contribution < 1.29 is 18.9 Å². The monoisotopic (exact) mass is 383 g/mol. The first-order valence-electron chi connectivity index (χ1n) is 8.45. The fraction of sp³-hybridized carbons (Fsp3) is 0.300. The normalized spacial score (nSPS) is 15.4. The van der Waals surface area contributed by atoms with Crippen LogP contribution < -0.4 is 30.2 Å². The van der Waals surface area contributed by atoms with E-state index in [1.54, 1.807) is 32.2 Å². The maximum absolute atomic E-state index is 13.0. The number of hydrogen-bond donors (Lipinski definition) is 1. The van der Waals surface area contributed by atoms with Gasteiger partial charge in [0.25, 0.3) is 5.56 Å². The van der Waals surface area contributed by atoms with Crippen LogP contribution in [0.4, 0.5) is 0 Å². The van der Waals surface area contributed by atoms with Gasteiger partial charge in [-0.25, -0.2) is 0 Å². The molecule has 2 aromatic rings. The van der Waals surface area contributed by atoms with Crippen LogP contribution in [0, 0.1) is 18.3 Å². The average molecular weight is 383 g/mol.